The molecule has 1 N–H and O–H groups in total. The zero-order chi connectivity index (χ0) is 16.2. The topological polar surface area (TPSA) is 55.8 Å². The Balaban J connectivity index is 2.04. The molecule has 124 valence electrons. The summed E-state index contributed by atoms with van der Waals surface area (Å²) in [4.78, 5) is 10.9. The second-order valence-electron chi connectivity index (χ2n) is 4.94. The van der Waals surface area contributed by atoms with E-state index in [4.69, 9.17) is 14.6 Å². The highest BCUT2D eigenvalue weighted by Gasteiger charge is 2.19. The van der Waals surface area contributed by atoms with Crippen LogP contribution >= 0.6 is 0 Å². The summed E-state index contributed by atoms with van der Waals surface area (Å²) in [6, 6.07) is 9.71. The van der Waals surface area contributed by atoms with Crippen molar-refractivity contribution < 1.29 is 28.2 Å². The monoisotopic (exact) mass is 316 g/mol. The van der Waals surface area contributed by atoms with E-state index in [0.717, 1.165) is 5.56 Å². The Morgan fingerprint density at radius 1 is 1.00 bits per heavy atom. The number of aliphatic carboxylic acids is 1. The second kappa shape index (κ2) is 11.1. The fraction of sp³-hybridized carbons (Fsp3) is 0.562. The summed E-state index contributed by atoms with van der Waals surface area (Å²) in [5.41, 5.74) is 1.07. The molecule has 1 aromatic rings. The molecule has 0 aromatic heterocycles. The molecule has 0 aliphatic heterocycles. The molecule has 0 fully saturated rings. The Hall–Kier alpha value is -1.53. The first kappa shape index (κ1) is 18.5. The van der Waals surface area contributed by atoms with Crippen LogP contribution in [0.5, 0.6) is 0 Å². The molecule has 4 nitrogen and oxygen atoms in total. The molecule has 0 aliphatic carbocycles. The van der Waals surface area contributed by atoms with Gasteiger partial charge in [0, 0.05) is 13.0 Å². The molecule has 0 bridgehead atoms. The fourth-order valence-corrected chi connectivity index (χ4v) is 1.93. The van der Waals surface area contributed by atoms with Crippen LogP contribution in [0.25, 0.3) is 0 Å². The summed E-state index contributed by atoms with van der Waals surface area (Å²) < 4.78 is 34.9. The van der Waals surface area contributed by atoms with Crippen LogP contribution in [0, 0.1) is 5.92 Å². The van der Waals surface area contributed by atoms with Crippen LogP contribution in [-0.2, 0) is 20.9 Å². The van der Waals surface area contributed by atoms with E-state index < -0.39 is 24.7 Å². The number of hydrogen-bond acceptors (Lipinski definition) is 3. The normalized spacial score (nSPS) is 12.5. The Labute approximate surface area is 129 Å². The third kappa shape index (κ3) is 8.69. The molecule has 0 amide bonds. The molecule has 0 radical (unpaired) electrons. The highest BCUT2D eigenvalue weighted by molar-refractivity contribution is 5.69. The zero-order valence-electron chi connectivity index (χ0n) is 12.4. The van der Waals surface area contributed by atoms with E-state index in [1.54, 1.807) is 0 Å². The molecule has 22 heavy (non-hydrogen) atoms. The molecule has 1 aromatic carbocycles. The highest BCUT2D eigenvalue weighted by Crippen LogP contribution is 2.15. The Kier molecular flexibility index (Phi) is 9.34. The lowest BCUT2D eigenvalue weighted by Gasteiger charge is -2.12. The number of benzene rings is 1. The van der Waals surface area contributed by atoms with E-state index in [-0.39, 0.29) is 19.4 Å². The van der Waals surface area contributed by atoms with Gasteiger partial charge in [-0.25, -0.2) is 8.78 Å². The number of carboxylic acid groups (broad SMARTS) is 1. The minimum atomic E-state index is -2.46. The van der Waals surface area contributed by atoms with Crippen molar-refractivity contribution in [2.24, 2.45) is 5.92 Å². The van der Waals surface area contributed by atoms with Gasteiger partial charge in [-0.1, -0.05) is 30.3 Å². The van der Waals surface area contributed by atoms with Gasteiger partial charge < -0.3 is 14.6 Å². The molecule has 1 rings (SSSR count). The largest absolute Gasteiger partial charge is 0.481 e. The van der Waals surface area contributed by atoms with Gasteiger partial charge in [-0.3, -0.25) is 4.79 Å². The van der Waals surface area contributed by atoms with Gasteiger partial charge in [0.2, 0.25) is 6.43 Å². The average molecular weight is 316 g/mol. The maximum atomic E-state index is 12.1. The molecule has 0 spiro atoms. The third-order valence-electron chi connectivity index (χ3n) is 3.18. The number of hydrogen-bond donors (Lipinski definition) is 1. The van der Waals surface area contributed by atoms with Crippen molar-refractivity contribution in [1.29, 1.82) is 0 Å². The number of ether oxygens (including phenoxy) is 2. The van der Waals surface area contributed by atoms with E-state index in [1.807, 2.05) is 30.3 Å². The van der Waals surface area contributed by atoms with Gasteiger partial charge in [0.15, 0.2) is 0 Å². The van der Waals surface area contributed by atoms with Crippen LogP contribution in [0.3, 0.4) is 0 Å². The number of alkyl halides is 2. The van der Waals surface area contributed by atoms with Crippen molar-refractivity contribution in [3.63, 3.8) is 0 Å². The summed E-state index contributed by atoms with van der Waals surface area (Å²) in [6.07, 6.45) is -2.65. The van der Waals surface area contributed by atoms with Crippen LogP contribution < -0.4 is 0 Å². The maximum Gasteiger partial charge on any atom is 0.306 e. The smallest absolute Gasteiger partial charge is 0.306 e. The molecule has 0 saturated carbocycles. The van der Waals surface area contributed by atoms with Gasteiger partial charge in [-0.05, 0) is 18.4 Å². The predicted octanol–water partition coefficient (Wildman–Crippen LogP) is 3.36. The minimum absolute atomic E-state index is 0.0269. The van der Waals surface area contributed by atoms with Gasteiger partial charge in [0.1, 0.15) is 0 Å². The lowest BCUT2D eigenvalue weighted by atomic mass is 10.0. The van der Waals surface area contributed by atoms with Crippen molar-refractivity contribution in [1.82, 2.24) is 0 Å². The Morgan fingerprint density at radius 2 is 1.68 bits per heavy atom. The Bertz CT molecular complexity index is 412. The van der Waals surface area contributed by atoms with Crippen molar-refractivity contribution in [3.8, 4) is 0 Å². The van der Waals surface area contributed by atoms with E-state index in [9.17, 15) is 13.6 Å². The lowest BCUT2D eigenvalue weighted by Crippen LogP contribution is -2.18. The van der Waals surface area contributed by atoms with E-state index >= 15 is 0 Å². The van der Waals surface area contributed by atoms with Crippen molar-refractivity contribution in [2.75, 3.05) is 19.8 Å². The van der Waals surface area contributed by atoms with Gasteiger partial charge in [-0.2, -0.15) is 0 Å². The summed E-state index contributed by atoms with van der Waals surface area (Å²) in [6.45, 7) is 1.49. The third-order valence-corrected chi connectivity index (χ3v) is 3.18. The molecular weight excluding hydrogens is 294 g/mol. The molecule has 0 saturated heterocycles. The van der Waals surface area contributed by atoms with Crippen molar-refractivity contribution in [3.05, 3.63) is 35.9 Å². The Morgan fingerprint density at radius 3 is 2.32 bits per heavy atom. The second-order valence-corrected chi connectivity index (χ2v) is 4.94. The van der Waals surface area contributed by atoms with Crippen LogP contribution in [0.2, 0.25) is 0 Å². The minimum Gasteiger partial charge on any atom is -0.481 e. The summed E-state index contributed by atoms with van der Waals surface area (Å²) in [7, 11) is 0. The molecule has 6 heteroatoms. The molecule has 1 unspecified atom stereocenters. The maximum absolute atomic E-state index is 12.1. The first-order valence-electron chi connectivity index (χ1n) is 7.30. The molecule has 1 atom stereocenters. The van der Waals surface area contributed by atoms with Gasteiger partial charge in [-0.15, -0.1) is 0 Å². The zero-order valence-corrected chi connectivity index (χ0v) is 12.4. The quantitative estimate of drug-likeness (QED) is 0.601. The van der Waals surface area contributed by atoms with Crippen molar-refractivity contribution in [2.45, 2.75) is 32.3 Å². The molecule has 0 aliphatic rings. The van der Waals surface area contributed by atoms with E-state index in [2.05, 4.69) is 0 Å². The SMILES string of the molecule is O=C(O)C(CCOCCOCc1ccccc1)CCC(F)F. The van der Waals surface area contributed by atoms with Crippen LogP contribution in [0.15, 0.2) is 30.3 Å². The predicted molar refractivity (Wildman–Crippen MR) is 77.9 cm³/mol. The summed E-state index contributed by atoms with van der Waals surface area (Å²) >= 11 is 0. The first-order chi connectivity index (χ1) is 10.6. The van der Waals surface area contributed by atoms with Crippen LogP contribution in [0.4, 0.5) is 8.78 Å². The number of halogens is 2. The lowest BCUT2D eigenvalue weighted by molar-refractivity contribution is -0.143. The number of rotatable bonds is 12. The highest BCUT2D eigenvalue weighted by atomic mass is 19.3. The molecule has 0 heterocycles. The van der Waals surface area contributed by atoms with E-state index in [0.29, 0.717) is 19.8 Å². The summed E-state index contributed by atoms with van der Waals surface area (Å²) in [5.74, 6) is -1.83. The number of carbonyl (C=O) groups is 1. The molecular formula is C16H22F2O4. The number of carboxylic acids is 1. The van der Waals surface area contributed by atoms with Gasteiger partial charge in [0.05, 0.1) is 25.7 Å². The van der Waals surface area contributed by atoms with Crippen LogP contribution in [-0.4, -0.2) is 37.3 Å². The van der Waals surface area contributed by atoms with Gasteiger partial charge >= 0.3 is 5.97 Å². The fourth-order valence-electron chi connectivity index (χ4n) is 1.93. The van der Waals surface area contributed by atoms with Crippen molar-refractivity contribution >= 4 is 5.97 Å². The van der Waals surface area contributed by atoms with Crippen LogP contribution in [0.1, 0.15) is 24.8 Å². The van der Waals surface area contributed by atoms with E-state index in [1.165, 1.54) is 0 Å². The van der Waals surface area contributed by atoms with Gasteiger partial charge in [0.25, 0.3) is 0 Å². The standard InChI is InChI=1S/C16H22F2O4/c17-15(18)7-6-14(16(19)20)8-9-21-10-11-22-12-13-4-2-1-3-5-13/h1-5,14-15H,6-12H2,(H,19,20). The average Bonchev–Trinajstić information content (AvgIpc) is 2.49. The summed E-state index contributed by atoms with van der Waals surface area (Å²) in [5, 5.41) is 8.93. The first-order valence-corrected chi connectivity index (χ1v) is 7.30.